The smallest absolute Gasteiger partial charge is 0.137 e. The molecule has 1 unspecified atom stereocenters. The summed E-state index contributed by atoms with van der Waals surface area (Å²) in [5, 5.41) is 26.6. The summed E-state index contributed by atoms with van der Waals surface area (Å²) in [6.45, 7) is 2.73. The van der Waals surface area contributed by atoms with Crippen molar-refractivity contribution in [1.82, 2.24) is 10.6 Å². The number of nitrogens with zero attached hydrogens (tertiary/aromatic N) is 2. The van der Waals surface area contributed by atoms with E-state index in [-0.39, 0.29) is 18.4 Å². The number of hydrogen-bond donors (Lipinski definition) is 2. The fraction of sp³-hybridized carbons (Fsp3) is 0.355. The van der Waals surface area contributed by atoms with Crippen LogP contribution in [0, 0.1) is 22.7 Å². The fourth-order valence-electron chi connectivity index (χ4n) is 5.35. The lowest BCUT2D eigenvalue weighted by atomic mass is 9.95. The van der Waals surface area contributed by atoms with Crippen molar-refractivity contribution in [2.75, 3.05) is 26.4 Å². The van der Waals surface area contributed by atoms with E-state index in [0.29, 0.717) is 49.1 Å². The first kappa shape index (κ1) is 25.1. The predicted octanol–water partition coefficient (Wildman–Crippen LogP) is 4.39. The van der Waals surface area contributed by atoms with E-state index in [1.807, 2.05) is 48.7 Å². The van der Waals surface area contributed by atoms with E-state index in [4.69, 9.17) is 18.9 Å². The molecule has 198 valence electrons. The summed E-state index contributed by atoms with van der Waals surface area (Å²) < 4.78 is 23.1. The highest BCUT2D eigenvalue weighted by atomic mass is 16.5. The number of fused-ring (bicyclic) bond motifs is 1. The molecule has 8 nitrogen and oxygen atoms in total. The van der Waals surface area contributed by atoms with Gasteiger partial charge in [-0.2, -0.15) is 10.5 Å². The standard InChI is InChI=1S/C31H30N4O4/c32-18-22-15-20(1-3-29(22)38-24-6-11-36-12-7-24)26-5-10-34-31-27(26)17-28(35-31)21-2-4-30(23(16-21)19-33)39-25-8-13-37-14-9-25/h1-5,10,15-17,24-25,31,34-35H,6-9,11-14H2. The molecule has 0 spiro atoms. The third kappa shape index (κ3) is 5.35. The van der Waals surface area contributed by atoms with Crippen LogP contribution in [0.1, 0.15) is 47.9 Å². The van der Waals surface area contributed by atoms with Gasteiger partial charge in [-0.25, -0.2) is 0 Å². The summed E-state index contributed by atoms with van der Waals surface area (Å²) in [6.07, 6.45) is 9.36. The largest absolute Gasteiger partial charge is 0.489 e. The SMILES string of the molecule is N#Cc1cc(C2=CC3=C(c4ccc(OC5CCOCC5)c(C#N)c4)C=CNC3N2)ccc1OC1CCOCC1. The van der Waals surface area contributed by atoms with Crippen LogP contribution < -0.4 is 20.1 Å². The van der Waals surface area contributed by atoms with Gasteiger partial charge >= 0.3 is 0 Å². The molecule has 4 heterocycles. The molecule has 4 aliphatic rings. The zero-order valence-corrected chi connectivity index (χ0v) is 21.6. The van der Waals surface area contributed by atoms with Crippen molar-refractivity contribution in [3.63, 3.8) is 0 Å². The second-order valence-electron chi connectivity index (χ2n) is 10.0. The molecule has 2 N–H and O–H groups in total. The Morgan fingerprint density at radius 2 is 1.33 bits per heavy atom. The minimum Gasteiger partial charge on any atom is -0.489 e. The molecule has 6 rings (SSSR count). The van der Waals surface area contributed by atoms with Crippen molar-refractivity contribution in [1.29, 1.82) is 10.5 Å². The molecule has 2 aromatic carbocycles. The minimum atomic E-state index is -0.118. The lowest BCUT2D eigenvalue weighted by Crippen LogP contribution is -2.37. The van der Waals surface area contributed by atoms with Crippen molar-refractivity contribution in [3.8, 4) is 23.6 Å². The first-order chi connectivity index (χ1) is 19.2. The number of dihydropyridines is 1. The summed E-state index contributed by atoms with van der Waals surface area (Å²) in [7, 11) is 0. The summed E-state index contributed by atoms with van der Waals surface area (Å²) >= 11 is 0. The van der Waals surface area contributed by atoms with Gasteiger partial charge in [0.2, 0.25) is 0 Å². The van der Waals surface area contributed by atoms with Crippen LogP contribution in [0.4, 0.5) is 0 Å². The number of benzene rings is 2. The Balaban J connectivity index is 1.26. The maximum atomic E-state index is 9.86. The van der Waals surface area contributed by atoms with Crippen LogP contribution in [0.15, 0.2) is 60.3 Å². The Bertz CT molecular complexity index is 1420. The number of allylic oxidation sites excluding steroid dienone is 2. The number of ether oxygens (including phenoxy) is 4. The second kappa shape index (κ2) is 11.2. The van der Waals surface area contributed by atoms with Crippen LogP contribution in [0.2, 0.25) is 0 Å². The van der Waals surface area contributed by atoms with Gasteiger partial charge in [-0.05, 0) is 65.4 Å². The Kier molecular flexibility index (Phi) is 7.23. The van der Waals surface area contributed by atoms with E-state index in [2.05, 4.69) is 28.8 Å². The van der Waals surface area contributed by atoms with Crippen molar-refractivity contribution < 1.29 is 18.9 Å². The lowest BCUT2D eigenvalue weighted by Gasteiger charge is -2.24. The molecule has 0 saturated carbocycles. The van der Waals surface area contributed by atoms with Gasteiger partial charge in [0, 0.05) is 37.0 Å². The highest BCUT2D eigenvalue weighted by Gasteiger charge is 2.27. The van der Waals surface area contributed by atoms with Gasteiger partial charge < -0.3 is 29.6 Å². The molecule has 2 fully saturated rings. The molecular formula is C31H30N4O4. The van der Waals surface area contributed by atoms with E-state index in [0.717, 1.165) is 53.7 Å². The summed E-state index contributed by atoms with van der Waals surface area (Å²) in [5.74, 6) is 1.22. The zero-order valence-electron chi connectivity index (χ0n) is 21.6. The molecule has 1 atom stereocenters. The van der Waals surface area contributed by atoms with Gasteiger partial charge in [-0.1, -0.05) is 6.07 Å². The van der Waals surface area contributed by atoms with E-state index in [1.165, 1.54) is 0 Å². The Labute approximate surface area is 228 Å². The third-order valence-electron chi connectivity index (χ3n) is 7.48. The van der Waals surface area contributed by atoms with Crippen LogP contribution in [0.25, 0.3) is 11.3 Å². The molecule has 2 saturated heterocycles. The van der Waals surface area contributed by atoms with Gasteiger partial charge in [-0.15, -0.1) is 0 Å². The molecule has 4 aliphatic heterocycles. The average molecular weight is 523 g/mol. The maximum Gasteiger partial charge on any atom is 0.137 e. The zero-order chi connectivity index (χ0) is 26.6. The molecule has 0 amide bonds. The van der Waals surface area contributed by atoms with Crippen LogP contribution in [0.3, 0.4) is 0 Å². The van der Waals surface area contributed by atoms with Gasteiger partial charge in [0.25, 0.3) is 0 Å². The van der Waals surface area contributed by atoms with E-state index >= 15 is 0 Å². The van der Waals surface area contributed by atoms with Gasteiger partial charge in [0.05, 0.1) is 37.6 Å². The molecule has 0 aromatic heterocycles. The molecule has 8 heteroatoms. The highest BCUT2D eigenvalue weighted by Crippen LogP contribution is 2.35. The molecule has 0 radical (unpaired) electrons. The summed E-state index contributed by atoms with van der Waals surface area (Å²) in [6, 6.07) is 16.1. The second-order valence-corrected chi connectivity index (χ2v) is 10.0. The average Bonchev–Trinajstić information content (AvgIpc) is 3.43. The monoisotopic (exact) mass is 522 g/mol. The van der Waals surface area contributed by atoms with Crippen LogP contribution in [-0.2, 0) is 9.47 Å². The molecule has 39 heavy (non-hydrogen) atoms. The van der Waals surface area contributed by atoms with Crippen LogP contribution in [-0.4, -0.2) is 44.8 Å². The fourth-order valence-corrected chi connectivity index (χ4v) is 5.35. The first-order valence-corrected chi connectivity index (χ1v) is 13.4. The minimum absolute atomic E-state index is 0.0677. The number of hydrogen-bond acceptors (Lipinski definition) is 8. The molecule has 0 bridgehead atoms. The molecule has 0 aliphatic carbocycles. The Morgan fingerprint density at radius 3 is 1.92 bits per heavy atom. The van der Waals surface area contributed by atoms with Crippen LogP contribution >= 0.6 is 0 Å². The van der Waals surface area contributed by atoms with Crippen molar-refractivity contribution >= 4 is 11.3 Å². The van der Waals surface area contributed by atoms with E-state index in [9.17, 15) is 10.5 Å². The summed E-state index contributed by atoms with van der Waals surface area (Å²) in [4.78, 5) is 0. The van der Waals surface area contributed by atoms with Gasteiger partial charge in [-0.3, -0.25) is 0 Å². The lowest BCUT2D eigenvalue weighted by molar-refractivity contribution is 0.0252. The van der Waals surface area contributed by atoms with Crippen molar-refractivity contribution in [3.05, 3.63) is 82.6 Å². The predicted molar refractivity (Wildman–Crippen MR) is 145 cm³/mol. The van der Waals surface area contributed by atoms with E-state index < -0.39 is 0 Å². The highest BCUT2D eigenvalue weighted by molar-refractivity contribution is 5.86. The van der Waals surface area contributed by atoms with Crippen molar-refractivity contribution in [2.24, 2.45) is 0 Å². The number of nitrogens with one attached hydrogen (secondary N) is 2. The van der Waals surface area contributed by atoms with Gasteiger partial charge in [0.1, 0.15) is 42.0 Å². The quantitative estimate of drug-likeness (QED) is 0.575. The third-order valence-corrected chi connectivity index (χ3v) is 7.48. The molecule has 2 aromatic rings. The number of rotatable bonds is 6. The Morgan fingerprint density at radius 1 is 0.769 bits per heavy atom. The maximum absolute atomic E-state index is 9.86. The van der Waals surface area contributed by atoms with Crippen molar-refractivity contribution in [2.45, 2.75) is 44.1 Å². The number of nitriles is 2. The summed E-state index contributed by atoms with van der Waals surface area (Å²) in [5.41, 5.74) is 5.89. The topological polar surface area (TPSA) is 109 Å². The van der Waals surface area contributed by atoms with E-state index in [1.54, 1.807) is 0 Å². The first-order valence-electron chi connectivity index (χ1n) is 13.4. The van der Waals surface area contributed by atoms with Crippen LogP contribution in [0.5, 0.6) is 11.5 Å². The Hall–Kier alpha value is -4.24. The van der Waals surface area contributed by atoms with Gasteiger partial charge in [0.15, 0.2) is 0 Å². The molecular weight excluding hydrogens is 492 g/mol. The normalized spacial score (nSPS) is 21.2.